The van der Waals surface area contributed by atoms with Gasteiger partial charge in [-0.2, -0.15) is 36.4 Å². The standard InChI is InChI=1S/C10H8N2.C6H5.CH3.Pd/c1-3-7-11-9(5-1)10-6-2-4-8-12-10;1-2-4-6-5-3-1;;/h1-8H;1-5H;1H3;/q;2*-1;+2. The summed E-state index contributed by atoms with van der Waals surface area (Å²) in [6, 6.07) is 24.1. The normalized spacial score (nSPS) is 8.20. The molecule has 0 amide bonds. The van der Waals surface area contributed by atoms with E-state index in [1.165, 1.54) is 0 Å². The van der Waals surface area contributed by atoms with Gasteiger partial charge in [-0.05, 0) is 24.3 Å². The van der Waals surface area contributed by atoms with Crippen LogP contribution >= 0.6 is 0 Å². The van der Waals surface area contributed by atoms with Crippen LogP contribution in [0.25, 0.3) is 11.4 Å². The van der Waals surface area contributed by atoms with Gasteiger partial charge < -0.3 is 7.43 Å². The monoisotopic (exact) mass is 354 g/mol. The molecule has 104 valence electrons. The van der Waals surface area contributed by atoms with Crippen molar-refractivity contribution in [2.45, 2.75) is 0 Å². The van der Waals surface area contributed by atoms with E-state index in [0.717, 1.165) is 11.4 Å². The molecule has 0 fully saturated rings. The molecular formula is C17H16N2Pd. The van der Waals surface area contributed by atoms with Crippen molar-refractivity contribution in [3.63, 3.8) is 0 Å². The molecule has 0 bridgehead atoms. The molecule has 3 heteroatoms. The number of aromatic nitrogens is 2. The van der Waals surface area contributed by atoms with Crippen LogP contribution in [0.15, 0.2) is 79.1 Å². The smallest absolute Gasteiger partial charge is 0.358 e. The van der Waals surface area contributed by atoms with E-state index in [4.69, 9.17) is 0 Å². The summed E-state index contributed by atoms with van der Waals surface area (Å²) >= 11 is 0. The van der Waals surface area contributed by atoms with E-state index < -0.39 is 0 Å². The quantitative estimate of drug-likeness (QED) is 0.486. The Morgan fingerprint density at radius 2 is 1.15 bits per heavy atom. The molecular weight excluding hydrogens is 339 g/mol. The molecule has 0 N–H and O–H groups in total. The zero-order valence-corrected chi connectivity index (χ0v) is 12.8. The molecule has 3 aromatic rings. The fraction of sp³-hybridized carbons (Fsp3) is 0. The molecule has 2 heterocycles. The molecule has 20 heavy (non-hydrogen) atoms. The van der Waals surface area contributed by atoms with Crippen molar-refractivity contribution in [3.8, 4) is 11.4 Å². The zero-order chi connectivity index (χ0) is 12.5. The maximum Gasteiger partial charge on any atom is 2.00 e. The zero-order valence-electron chi connectivity index (χ0n) is 11.2. The van der Waals surface area contributed by atoms with E-state index in [2.05, 4.69) is 16.0 Å². The van der Waals surface area contributed by atoms with Gasteiger partial charge in [-0.1, -0.05) is 12.1 Å². The van der Waals surface area contributed by atoms with Crippen LogP contribution in [0.1, 0.15) is 0 Å². The first-order valence-electron chi connectivity index (χ1n) is 5.70. The van der Waals surface area contributed by atoms with Gasteiger partial charge in [0.25, 0.3) is 0 Å². The minimum atomic E-state index is 0. The van der Waals surface area contributed by atoms with E-state index in [-0.39, 0.29) is 27.8 Å². The van der Waals surface area contributed by atoms with Crippen molar-refractivity contribution in [2.75, 3.05) is 0 Å². The molecule has 0 aliphatic carbocycles. The average Bonchev–Trinajstić information content (AvgIpc) is 2.51. The van der Waals surface area contributed by atoms with E-state index >= 15 is 0 Å². The van der Waals surface area contributed by atoms with Gasteiger partial charge in [-0.25, -0.2) is 0 Å². The first-order chi connectivity index (χ1) is 8.97. The van der Waals surface area contributed by atoms with Crippen molar-refractivity contribution in [2.24, 2.45) is 0 Å². The number of hydrogen-bond acceptors (Lipinski definition) is 2. The number of pyridine rings is 2. The van der Waals surface area contributed by atoms with Gasteiger partial charge in [0, 0.05) is 12.4 Å². The van der Waals surface area contributed by atoms with Crippen molar-refractivity contribution < 1.29 is 20.4 Å². The maximum atomic E-state index is 4.19. The number of benzene rings is 1. The Bertz CT molecular complexity index is 478. The van der Waals surface area contributed by atoms with Crippen LogP contribution in [0.5, 0.6) is 0 Å². The average molecular weight is 355 g/mol. The third-order valence-electron chi connectivity index (χ3n) is 2.20. The van der Waals surface area contributed by atoms with Gasteiger partial charge >= 0.3 is 20.4 Å². The van der Waals surface area contributed by atoms with Crippen LogP contribution in [-0.2, 0) is 20.4 Å². The predicted molar refractivity (Wildman–Crippen MR) is 79.2 cm³/mol. The summed E-state index contributed by atoms with van der Waals surface area (Å²) in [5.41, 5.74) is 1.83. The molecule has 0 spiro atoms. The summed E-state index contributed by atoms with van der Waals surface area (Å²) in [4.78, 5) is 8.37. The van der Waals surface area contributed by atoms with Gasteiger partial charge in [-0.15, -0.1) is 0 Å². The predicted octanol–water partition coefficient (Wildman–Crippen LogP) is 4.08. The van der Waals surface area contributed by atoms with Crippen LogP contribution in [0, 0.1) is 13.5 Å². The summed E-state index contributed by atoms with van der Waals surface area (Å²) in [5, 5.41) is 0. The SMILES string of the molecule is [CH3-].[Pd+2].[c-]1ccccc1.c1ccc(-c2ccccn2)nc1. The molecule has 0 unspecified atom stereocenters. The number of rotatable bonds is 1. The van der Waals surface area contributed by atoms with Gasteiger partial charge in [0.15, 0.2) is 0 Å². The Balaban J connectivity index is 0.000000390. The number of hydrogen-bond donors (Lipinski definition) is 0. The Labute approximate surface area is 134 Å². The second kappa shape index (κ2) is 11.0. The second-order valence-electron chi connectivity index (χ2n) is 3.51. The molecule has 2 aromatic heterocycles. The van der Waals surface area contributed by atoms with Gasteiger partial charge in [0.05, 0.1) is 11.4 Å². The first-order valence-corrected chi connectivity index (χ1v) is 5.70. The second-order valence-corrected chi connectivity index (χ2v) is 3.51. The summed E-state index contributed by atoms with van der Waals surface area (Å²) < 4.78 is 0. The fourth-order valence-corrected chi connectivity index (χ4v) is 1.37. The van der Waals surface area contributed by atoms with Crippen LogP contribution in [-0.4, -0.2) is 9.97 Å². The molecule has 2 nitrogen and oxygen atoms in total. The van der Waals surface area contributed by atoms with Crippen molar-refractivity contribution in [3.05, 3.63) is 92.6 Å². The summed E-state index contributed by atoms with van der Waals surface area (Å²) in [6.07, 6.45) is 3.54. The van der Waals surface area contributed by atoms with Gasteiger partial charge in [0.1, 0.15) is 0 Å². The van der Waals surface area contributed by atoms with Crippen LogP contribution < -0.4 is 0 Å². The maximum absolute atomic E-state index is 4.19. The minimum absolute atomic E-state index is 0. The number of nitrogens with zero attached hydrogens (tertiary/aromatic N) is 2. The molecule has 0 aliphatic rings. The Hall–Kier alpha value is -1.82. The molecule has 3 rings (SSSR count). The third kappa shape index (κ3) is 6.38. The molecule has 0 saturated heterocycles. The minimum Gasteiger partial charge on any atom is -0.358 e. The Morgan fingerprint density at radius 1 is 0.650 bits per heavy atom. The van der Waals surface area contributed by atoms with E-state index in [9.17, 15) is 0 Å². The topological polar surface area (TPSA) is 25.8 Å². The van der Waals surface area contributed by atoms with Crippen LogP contribution in [0.3, 0.4) is 0 Å². The summed E-state index contributed by atoms with van der Waals surface area (Å²) in [7, 11) is 0. The van der Waals surface area contributed by atoms with Crippen molar-refractivity contribution in [1.29, 1.82) is 0 Å². The summed E-state index contributed by atoms with van der Waals surface area (Å²) in [5.74, 6) is 0. The van der Waals surface area contributed by atoms with E-state index in [1.54, 1.807) is 12.4 Å². The van der Waals surface area contributed by atoms with Gasteiger partial charge in [-0.3, -0.25) is 9.97 Å². The van der Waals surface area contributed by atoms with Crippen molar-refractivity contribution in [1.82, 2.24) is 9.97 Å². The first kappa shape index (κ1) is 18.2. The molecule has 0 aliphatic heterocycles. The third-order valence-corrected chi connectivity index (χ3v) is 2.20. The molecule has 0 atom stereocenters. The fourth-order valence-electron chi connectivity index (χ4n) is 1.37. The van der Waals surface area contributed by atoms with Crippen LogP contribution in [0.4, 0.5) is 0 Å². The summed E-state index contributed by atoms with van der Waals surface area (Å²) in [6.45, 7) is 0. The van der Waals surface area contributed by atoms with Gasteiger partial charge in [0.2, 0.25) is 0 Å². The van der Waals surface area contributed by atoms with Crippen LogP contribution in [0.2, 0.25) is 0 Å². The molecule has 0 radical (unpaired) electrons. The van der Waals surface area contributed by atoms with E-state index in [1.807, 2.05) is 66.7 Å². The van der Waals surface area contributed by atoms with Crippen molar-refractivity contribution >= 4 is 0 Å². The Kier molecular flexibility index (Phi) is 10.0. The Morgan fingerprint density at radius 3 is 1.40 bits per heavy atom. The molecule has 1 aromatic carbocycles. The molecule has 0 saturated carbocycles. The largest absolute Gasteiger partial charge is 2.00 e. The van der Waals surface area contributed by atoms with E-state index in [0.29, 0.717) is 0 Å².